The molecule has 0 atom stereocenters. The number of carbonyl (C=O) groups is 1. The highest BCUT2D eigenvalue weighted by molar-refractivity contribution is 7.05. The van der Waals surface area contributed by atoms with Gasteiger partial charge in [0.2, 0.25) is 0 Å². The zero-order valence-electron chi connectivity index (χ0n) is 9.88. The van der Waals surface area contributed by atoms with Crippen LogP contribution >= 0.6 is 11.5 Å². The van der Waals surface area contributed by atoms with Crippen LogP contribution in [-0.2, 0) is 6.54 Å². The second-order valence-electron chi connectivity index (χ2n) is 3.97. The van der Waals surface area contributed by atoms with Crippen molar-refractivity contribution in [3.05, 3.63) is 52.5 Å². The Labute approximate surface area is 105 Å². The maximum Gasteiger partial charge on any atom is 0.273 e. The third-order valence-corrected chi connectivity index (χ3v) is 3.15. The van der Waals surface area contributed by atoms with Gasteiger partial charge in [-0.2, -0.15) is 4.37 Å². The van der Waals surface area contributed by atoms with Crippen LogP contribution in [0.4, 0.5) is 0 Å². The first-order chi connectivity index (χ1) is 8.16. The number of hydrogen-bond acceptors (Lipinski definition) is 3. The quantitative estimate of drug-likeness (QED) is 0.834. The molecular formula is C13H14N2OS. The maximum absolute atomic E-state index is 12.0. The number of hydrogen-bond donors (Lipinski definition) is 0. The second-order valence-corrected chi connectivity index (χ2v) is 4.98. The Morgan fingerprint density at radius 2 is 2.06 bits per heavy atom. The molecule has 0 saturated heterocycles. The van der Waals surface area contributed by atoms with E-state index in [1.165, 1.54) is 11.5 Å². The van der Waals surface area contributed by atoms with Gasteiger partial charge in [0.15, 0.2) is 0 Å². The molecule has 1 amide bonds. The predicted molar refractivity (Wildman–Crippen MR) is 69.1 cm³/mol. The van der Waals surface area contributed by atoms with Crippen LogP contribution in [0.3, 0.4) is 0 Å². The SMILES string of the molecule is Cc1cc(C(=O)N(C)Cc2ccccc2)ns1. The predicted octanol–water partition coefficient (Wildman–Crippen LogP) is 2.72. The minimum absolute atomic E-state index is 0.0294. The first-order valence-electron chi connectivity index (χ1n) is 5.39. The molecule has 0 aliphatic heterocycles. The van der Waals surface area contributed by atoms with Gasteiger partial charge >= 0.3 is 0 Å². The molecule has 0 bridgehead atoms. The third kappa shape index (κ3) is 2.91. The summed E-state index contributed by atoms with van der Waals surface area (Å²) in [5.41, 5.74) is 1.65. The topological polar surface area (TPSA) is 33.2 Å². The molecule has 2 rings (SSSR count). The number of benzene rings is 1. The molecular weight excluding hydrogens is 232 g/mol. The highest BCUT2D eigenvalue weighted by Gasteiger charge is 2.14. The van der Waals surface area contributed by atoms with E-state index in [1.54, 1.807) is 11.9 Å². The Bertz CT molecular complexity index is 507. The summed E-state index contributed by atoms with van der Waals surface area (Å²) >= 11 is 1.36. The Morgan fingerprint density at radius 1 is 1.35 bits per heavy atom. The molecule has 0 fully saturated rings. The lowest BCUT2D eigenvalue weighted by Gasteiger charge is -2.15. The largest absolute Gasteiger partial charge is 0.336 e. The lowest BCUT2D eigenvalue weighted by atomic mass is 10.2. The number of nitrogens with zero attached hydrogens (tertiary/aromatic N) is 2. The van der Waals surface area contributed by atoms with Crippen molar-refractivity contribution in [3.63, 3.8) is 0 Å². The summed E-state index contributed by atoms with van der Waals surface area (Å²) < 4.78 is 4.13. The monoisotopic (exact) mass is 246 g/mol. The highest BCUT2D eigenvalue weighted by Crippen LogP contribution is 2.11. The maximum atomic E-state index is 12.0. The van der Waals surface area contributed by atoms with Gasteiger partial charge in [-0.05, 0) is 30.1 Å². The number of amides is 1. The van der Waals surface area contributed by atoms with Crippen molar-refractivity contribution in [2.75, 3.05) is 7.05 Å². The van der Waals surface area contributed by atoms with E-state index < -0.39 is 0 Å². The summed E-state index contributed by atoms with van der Waals surface area (Å²) in [5.74, 6) is -0.0294. The molecule has 1 heterocycles. The first kappa shape index (κ1) is 11.8. The fourth-order valence-electron chi connectivity index (χ4n) is 1.59. The first-order valence-corrected chi connectivity index (χ1v) is 6.17. The number of aromatic nitrogens is 1. The molecule has 0 spiro atoms. The van der Waals surface area contributed by atoms with Gasteiger partial charge < -0.3 is 4.90 Å². The molecule has 0 N–H and O–H groups in total. The molecule has 0 radical (unpaired) electrons. The zero-order valence-corrected chi connectivity index (χ0v) is 10.7. The molecule has 88 valence electrons. The van der Waals surface area contributed by atoms with Crippen LogP contribution in [0.5, 0.6) is 0 Å². The lowest BCUT2D eigenvalue weighted by molar-refractivity contribution is 0.0780. The number of rotatable bonds is 3. The molecule has 1 aromatic carbocycles. The number of carbonyl (C=O) groups excluding carboxylic acids is 1. The van der Waals surface area contributed by atoms with E-state index in [4.69, 9.17) is 0 Å². The van der Waals surface area contributed by atoms with Crippen LogP contribution in [0.1, 0.15) is 20.9 Å². The van der Waals surface area contributed by atoms with Gasteiger partial charge in [0.25, 0.3) is 5.91 Å². The van der Waals surface area contributed by atoms with E-state index in [-0.39, 0.29) is 5.91 Å². The standard InChI is InChI=1S/C13H14N2OS/c1-10-8-12(14-17-10)13(16)15(2)9-11-6-4-3-5-7-11/h3-8H,9H2,1-2H3. The molecule has 2 aromatic rings. The fourth-order valence-corrected chi connectivity index (χ4v) is 2.13. The van der Waals surface area contributed by atoms with Gasteiger partial charge in [0.1, 0.15) is 5.69 Å². The minimum atomic E-state index is -0.0294. The molecule has 1 aromatic heterocycles. The zero-order chi connectivity index (χ0) is 12.3. The fraction of sp³-hybridized carbons (Fsp3) is 0.231. The summed E-state index contributed by atoms with van der Waals surface area (Å²) in [7, 11) is 1.80. The van der Waals surface area contributed by atoms with Gasteiger partial charge in [-0.1, -0.05) is 30.3 Å². The summed E-state index contributed by atoms with van der Waals surface area (Å²) in [6, 6.07) is 11.8. The van der Waals surface area contributed by atoms with Crippen LogP contribution in [0, 0.1) is 6.92 Å². The van der Waals surface area contributed by atoms with Crippen LogP contribution in [-0.4, -0.2) is 22.2 Å². The minimum Gasteiger partial charge on any atom is -0.336 e. The van der Waals surface area contributed by atoms with E-state index in [9.17, 15) is 4.79 Å². The molecule has 0 aliphatic carbocycles. The Morgan fingerprint density at radius 3 is 2.65 bits per heavy atom. The van der Waals surface area contributed by atoms with Gasteiger partial charge in [-0.15, -0.1) is 0 Å². The van der Waals surface area contributed by atoms with Crippen molar-refractivity contribution >= 4 is 17.4 Å². The van der Waals surface area contributed by atoms with Crippen LogP contribution in [0.15, 0.2) is 36.4 Å². The van der Waals surface area contributed by atoms with Crippen LogP contribution < -0.4 is 0 Å². The Kier molecular flexibility index (Phi) is 3.54. The van der Waals surface area contributed by atoms with E-state index in [1.807, 2.05) is 43.3 Å². The summed E-state index contributed by atoms with van der Waals surface area (Å²) in [6.45, 7) is 2.56. The van der Waals surface area contributed by atoms with Crippen molar-refractivity contribution in [3.8, 4) is 0 Å². The van der Waals surface area contributed by atoms with Gasteiger partial charge in [-0.25, -0.2) is 0 Å². The average molecular weight is 246 g/mol. The average Bonchev–Trinajstić information content (AvgIpc) is 2.76. The smallest absolute Gasteiger partial charge is 0.273 e. The highest BCUT2D eigenvalue weighted by atomic mass is 32.1. The second kappa shape index (κ2) is 5.10. The summed E-state index contributed by atoms with van der Waals surface area (Å²) in [4.78, 5) is 14.8. The lowest BCUT2D eigenvalue weighted by Crippen LogP contribution is -2.26. The van der Waals surface area contributed by atoms with Crippen molar-refractivity contribution in [2.45, 2.75) is 13.5 Å². The normalized spacial score (nSPS) is 10.2. The van der Waals surface area contributed by atoms with Crippen molar-refractivity contribution in [1.82, 2.24) is 9.27 Å². The van der Waals surface area contributed by atoms with Crippen molar-refractivity contribution in [1.29, 1.82) is 0 Å². The molecule has 4 heteroatoms. The van der Waals surface area contributed by atoms with E-state index in [2.05, 4.69) is 4.37 Å². The van der Waals surface area contributed by atoms with Crippen molar-refractivity contribution in [2.24, 2.45) is 0 Å². The summed E-state index contributed by atoms with van der Waals surface area (Å²) in [6.07, 6.45) is 0. The molecule has 0 unspecified atom stereocenters. The van der Waals surface area contributed by atoms with E-state index in [0.29, 0.717) is 12.2 Å². The van der Waals surface area contributed by atoms with E-state index in [0.717, 1.165) is 10.4 Å². The summed E-state index contributed by atoms with van der Waals surface area (Å²) in [5, 5.41) is 0. The van der Waals surface area contributed by atoms with Gasteiger partial charge in [0.05, 0.1) is 0 Å². The third-order valence-electron chi connectivity index (χ3n) is 2.46. The molecule has 0 saturated carbocycles. The van der Waals surface area contributed by atoms with Crippen LogP contribution in [0.2, 0.25) is 0 Å². The van der Waals surface area contributed by atoms with Gasteiger partial charge in [-0.3, -0.25) is 4.79 Å². The van der Waals surface area contributed by atoms with Crippen LogP contribution in [0.25, 0.3) is 0 Å². The molecule has 3 nitrogen and oxygen atoms in total. The van der Waals surface area contributed by atoms with E-state index >= 15 is 0 Å². The molecule has 17 heavy (non-hydrogen) atoms. The Balaban J connectivity index is 2.06. The molecule has 0 aliphatic rings. The number of aryl methyl sites for hydroxylation is 1. The van der Waals surface area contributed by atoms with Crippen molar-refractivity contribution < 1.29 is 4.79 Å². The Hall–Kier alpha value is -1.68. The van der Waals surface area contributed by atoms with Gasteiger partial charge in [0, 0.05) is 18.5 Å².